The molecular weight excluding hydrogens is 202 g/mol. The van der Waals surface area contributed by atoms with Crippen LogP contribution in [0.4, 0.5) is 0 Å². The number of halogens is 1. The fraction of sp³-hybridized carbons (Fsp3) is 0.556. The SMILES string of the molecule is Clc1ncc(OCC2CCCN2)cn1. The molecule has 76 valence electrons. The van der Waals surface area contributed by atoms with Crippen LogP contribution < -0.4 is 10.1 Å². The quantitative estimate of drug-likeness (QED) is 0.768. The number of hydrogen-bond acceptors (Lipinski definition) is 4. The number of nitrogens with zero attached hydrogens (tertiary/aromatic N) is 2. The fourth-order valence-corrected chi connectivity index (χ4v) is 1.57. The monoisotopic (exact) mass is 213 g/mol. The molecule has 1 unspecified atom stereocenters. The van der Waals surface area contributed by atoms with Crippen LogP contribution in [0.3, 0.4) is 0 Å². The summed E-state index contributed by atoms with van der Waals surface area (Å²) in [5.74, 6) is 0.670. The van der Waals surface area contributed by atoms with Gasteiger partial charge in [-0.1, -0.05) is 0 Å². The Bertz CT molecular complexity index is 285. The minimum absolute atomic E-state index is 0.247. The van der Waals surface area contributed by atoms with Crippen molar-refractivity contribution in [3.63, 3.8) is 0 Å². The average Bonchev–Trinajstić information content (AvgIpc) is 2.70. The minimum atomic E-state index is 0.247. The van der Waals surface area contributed by atoms with Crippen LogP contribution in [0, 0.1) is 0 Å². The summed E-state index contributed by atoms with van der Waals surface area (Å²) in [5.41, 5.74) is 0. The third kappa shape index (κ3) is 2.56. The zero-order valence-corrected chi connectivity index (χ0v) is 8.50. The van der Waals surface area contributed by atoms with Crippen molar-refractivity contribution in [2.24, 2.45) is 0 Å². The van der Waals surface area contributed by atoms with E-state index in [-0.39, 0.29) is 5.28 Å². The van der Waals surface area contributed by atoms with Gasteiger partial charge < -0.3 is 10.1 Å². The van der Waals surface area contributed by atoms with Crippen LogP contribution in [0.2, 0.25) is 5.28 Å². The zero-order valence-electron chi connectivity index (χ0n) is 7.74. The lowest BCUT2D eigenvalue weighted by atomic mass is 10.2. The van der Waals surface area contributed by atoms with E-state index >= 15 is 0 Å². The van der Waals surface area contributed by atoms with Crippen molar-refractivity contribution in [1.29, 1.82) is 0 Å². The van der Waals surface area contributed by atoms with Gasteiger partial charge in [0.1, 0.15) is 6.61 Å². The Morgan fingerprint density at radius 1 is 1.50 bits per heavy atom. The minimum Gasteiger partial charge on any atom is -0.489 e. The summed E-state index contributed by atoms with van der Waals surface area (Å²) in [5, 5.41) is 3.59. The van der Waals surface area contributed by atoms with Gasteiger partial charge in [-0.25, -0.2) is 9.97 Å². The topological polar surface area (TPSA) is 47.0 Å². The Balaban J connectivity index is 1.82. The summed E-state index contributed by atoms with van der Waals surface area (Å²) in [4.78, 5) is 7.67. The summed E-state index contributed by atoms with van der Waals surface area (Å²) in [6, 6.07) is 0.464. The van der Waals surface area contributed by atoms with E-state index in [0.29, 0.717) is 18.4 Å². The van der Waals surface area contributed by atoms with E-state index in [1.165, 1.54) is 12.8 Å². The summed E-state index contributed by atoms with van der Waals surface area (Å²) >= 11 is 5.55. The number of nitrogens with one attached hydrogen (secondary N) is 1. The Hall–Kier alpha value is -0.870. The van der Waals surface area contributed by atoms with E-state index in [2.05, 4.69) is 15.3 Å². The van der Waals surface area contributed by atoms with Gasteiger partial charge in [-0.15, -0.1) is 0 Å². The van der Waals surface area contributed by atoms with Gasteiger partial charge in [-0.2, -0.15) is 0 Å². The summed E-state index contributed by atoms with van der Waals surface area (Å²) in [6.45, 7) is 1.76. The Morgan fingerprint density at radius 3 is 2.93 bits per heavy atom. The smallest absolute Gasteiger partial charge is 0.222 e. The van der Waals surface area contributed by atoms with Gasteiger partial charge in [0.15, 0.2) is 5.75 Å². The first-order chi connectivity index (χ1) is 6.84. The molecular formula is C9H12ClN3O. The molecule has 0 amide bonds. The summed E-state index contributed by atoms with van der Waals surface area (Å²) in [7, 11) is 0. The Morgan fingerprint density at radius 2 is 2.29 bits per heavy atom. The lowest BCUT2D eigenvalue weighted by Gasteiger charge is -2.11. The van der Waals surface area contributed by atoms with E-state index in [4.69, 9.17) is 16.3 Å². The van der Waals surface area contributed by atoms with Gasteiger partial charge in [-0.3, -0.25) is 0 Å². The zero-order chi connectivity index (χ0) is 9.80. The van der Waals surface area contributed by atoms with Gasteiger partial charge >= 0.3 is 0 Å². The third-order valence-corrected chi connectivity index (χ3v) is 2.41. The number of rotatable bonds is 3. The first kappa shape index (κ1) is 9.68. The third-order valence-electron chi connectivity index (χ3n) is 2.21. The molecule has 1 aromatic rings. The molecule has 1 N–H and O–H groups in total. The molecule has 1 fully saturated rings. The van der Waals surface area contributed by atoms with E-state index in [9.17, 15) is 0 Å². The Labute approximate surface area is 87.7 Å². The summed E-state index contributed by atoms with van der Waals surface area (Å²) < 4.78 is 5.50. The van der Waals surface area contributed by atoms with E-state index in [1.54, 1.807) is 12.4 Å². The van der Waals surface area contributed by atoms with Crippen molar-refractivity contribution in [3.05, 3.63) is 17.7 Å². The molecule has 1 saturated heterocycles. The Kier molecular flexibility index (Phi) is 3.16. The van der Waals surface area contributed by atoms with Crippen LogP contribution in [-0.2, 0) is 0 Å². The van der Waals surface area contributed by atoms with E-state index in [0.717, 1.165) is 6.54 Å². The van der Waals surface area contributed by atoms with Crippen molar-refractivity contribution >= 4 is 11.6 Å². The second-order valence-electron chi connectivity index (χ2n) is 3.29. The molecule has 2 rings (SSSR count). The molecule has 0 saturated carbocycles. The molecule has 5 heteroatoms. The van der Waals surface area contributed by atoms with Gasteiger partial charge in [0.25, 0.3) is 0 Å². The molecule has 0 radical (unpaired) electrons. The molecule has 1 aliphatic heterocycles. The van der Waals surface area contributed by atoms with Gasteiger partial charge in [0.2, 0.25) is 5.28 Å². The van der Waals surface area contributed by atoms with E-state index < -0.39 is 0 Å². The highest BCUT2D eigenvalue weighted by molar-refractivity contribution is 6.28. The van der Waals surface area contributed by atoms with E-state index in [1.807, 2.05) is 0 Å². The molecule has 0 aromatic carbocycles. The molecule has 2 heterocycles. The molecule has 1 aliphatic rings. The molecule has 0 spiro atoms. The maximum Gasteiger partial charge on any atom is 0.222 e. The van der Waals surface area contributed by atoms with Crippen LogP contribution in [0.25, 0.3) is 0 Å². The molecule has 14 heavy (non-hydrogen) atoms. The van der Waals surface area contributed by atoms with Gasteiger partial charge in [-0.05, 0) is 31.0 Å². The highest BCUT2D eigenvalue weighted by Crippen LogP contribution is 2.11. The lowest BCUT2D eigenvalue weighted by Crippen LogP contribution is -2.28. The average molecular weight is 214 g/mol. The van der Waals surface area contributed by atoms with Crippen LogP contribution >= 0.6 is 11.6 Å². The lowest BCUT2D eigenvalue weighted by molar-refractivity contribution is 0.275. The fourth-order valence-electron chi connectivity index (χ4n) is 1.47. The van der Waals surface area contributed by atoms with Crippen molar-refractivity contribution < 1.29 is 4.74 Å². The first-order valence-electron chi connectivity index (χ1n) is 4.68. The number of ether oxygens (including phenoxy) is 1. The number of hydrogen-bond donors (Lipinski definition) is 1. The summed E-state index contributed by atoms with van der Waals surface area (Å²) in [6.07, 6.45) is 5.58. The predicted octanol–water partition coefficient (Wildman–Crippen LogP) is 1.26. The highest BCUT2D eigenvalue weighted by atomic mass is 35.5. The van der Waals surface area contributed by atoms with Crippen molar-refractivity contribution in [3.8, 4) is 5.75 Å². The molecule has 0 bridgehead atoms. The second kappa shape index (κ2) is 4.57. The van der Waals surface area contributed by atoms with Gasteiger partial charge in [0, 0.05) is 6.04 Å². The number of aromatic nitrogens is 2. The molecule has 1 atom stereocenters. The van der Waals surface area contributed by atoms with Crippen molar-refractivity contribution in [2.75, 3.05) is 13.2 Å². The van der Waals surface area contributed by atoms with Crippen LogP contribution in [0.5, 0.6) is 5.75 Å². The van der Waals surface area contributed by atoms with Crippen molar-refractivity contribution in [2.45, 2.75) is 18.9 Å². The van der Waals surface area contributed by atoms with Crippen LogP contribution in [0.1, 0.15) is 12.8 Å². The molecule has 0 aliphatic carbocycles. The normalized spacial score (nSPS) is 21.1. The molecule has 4 nitrogen and oxygen atoms in total. The van der Waals surface area contributed by atoms with Crippen molar-refractivity contribution in [1.82, 2.24) is 15.3 Å². The second-order valence-corrected chi connectivity index (χ2v) is 3.63. The maximum absolute atomic E-state index is 5.55. The maximum atomic E-state index is 5.55. The predicted molar refractivity (Wildman–Crippen MR) is 53.6 cm³/mol. The highest BCUT2D eigenvalue weighted by Gasteiger charge is 2.14. The largest absolute Gasteiger partial charge is 0.489 e. The van der Waals surface area contributed by atoms with Crippen LogP contribution in [-0.4, -0.2) is 29.2 Å². The molecule has 1 aromatic heterocycles. The standard InChI is InChI=1S/C9H12ClN3O/c10-9-12-4-8(5-13-9)14-6-7-2-1-3-11-7/h4-5,7,11H,1-3,6H2. The van der Waals surface area contributed by atoms with Gasteiger partial charge in [0.05, 0.1) is 12.4 Å². The first-order valence-corrected chi connectivity index (χ1v) is 5.06. The van der Waals surface area contributed by atoms with Crippen LogP contribution in [0.15, 0.2) is 12.4 Å².